The zero-order valence-corrected chi connectivity index (χ0v) is 15.1. The van der Waals surface area contributed by atoms with Crippen molar-refractivity contribution in [3.05, 3.63) is 0 Å². The maximum absolute atomic E-state index is 6.24. The molecule has 4 nitrogen and oxygen atoms in total. The van der Waals surface area contributed by atoms with E-state index in [0.717, 1.165) is 39.3 Å². The van der Waals surface area contributed by atoms with E-state index < -0.39 is 0 Å². The standard InChI is InChI=1S/C20H34O4/c1-3-7-17(8-4-1)19(21-13-14-22-19)11-12-20(23-15-16-24-20)18-9-5-2-6-10-18/h17-18H,1-16H2. The maximum atomic E-state index is 6.24. The second kappa shape index (κ2) is 7.61. The van der Waals surface area contributed by atoms with E-state index >= 15 is 0 Å². The molecule has 138 valence electrons. The molecule has 0 spiro atoms. The Morgan fingerprint density at radius 3 is 1.17 bits per heavy atom. The lowest BCUT2D eigenvalue weighted by molar-refractivity contribution is -0.246. The van der Waals surface area contributed by atoms with Crippen molar-refractivity contribution < 1.29 is 18.9 Å². The summed E-state index contributed by atoms with van der Waals surface area (Å²) in [5.74, 6) is 0.381. The first-order valence-electron chi connectivity index (χ1n) is 10.4. The van der Waals surface area contributed by atoms with Gasteiger partial charge in [-0.2, -0.15) is 0 Å². The van der Waals surface area contributed by atoms with Crippen LogP contribution in [0.5, 0.6) is 0 Å². The van der Waals surface area contributed by atoms with Crippen molar-refractivity contribution in [1.29, 1.82) is 0 Å². The fourth-order valence-electron chi connectivity index (χ4n) is 5.54. The van der Waals surface area contributed by atoms with Gasteiger partial charge >= 0.3 is 0 Å². The van der Waals surface area contributed by atoms with Gasteiger partial charge in [-0.3, -0.25) is 0 Å². The lowest BCUT2D eigenvalue weighted by Crippen LogP contribution is -2.46. The Bertz CT molecular complexity index is 348. The molecule has 4 heteroatoms. The van der Waals surface area contributed by atoms with Crippen LogP contribution in [0.1, 0.15) is 77.0 Å². The lowest BCUT2D eigenvalue weighted by Gasteiger charge is -2.42. The molecular weight excluding hydrogens is 304 g/mol. The largest absolute Gasteiger partial charge is 0.347 e. The summed E-state index contributed by atoms with van der Waals surface area (Å²) in [5, 5.41) is 0. The van der Waals surface area contributed by atoms with Gasteiger partial charge in [0.1, 0.15) is 0 Å². The van der Waals surface area contributed by atoms with Crippen molar-refractivity contribution >= 4 is 0 Å². The van der Waals surface area contributed by atoms with Crippen LogP contribution in [0.15, 0.2) is 0 Å². The average molecular weight is 338 g/mol. The Hall–Kier alpha value is -0.160. The second-order valence-electron chi connectivity index (χ2n) is 8.19. The highest BCUT2D eigenvalue weighted by Crippen LogP contribution is 2.46. The third kappa shape index (κ3) is 3.40. The molecule has 4 rings (SSSR count). The Kier molecular flexibility index (Phi) is 5.47. The first kappa shape index (κ1) is 17.3. The molecule has 24 heavy (non-hydrogen) atoms. The minimum absolute atomic E-state index is 0.364. The molecular formula is C20H34O4. The lowest BCUT2D eigenvalue weighted by atomic mass is 9.77. The van der Waals surface area contributed by atoms with Crippen LogP contribution in [-0.4, -0.2) is 38.0 Å². The smallest absolute Gasteiger partial charge is 0.171 e. The summed E-state index contributed by atoms with van der Waals surface area (Å²) in [6.07, 6.45) is 14.9. The molecule has 0 aromatic carbocycles. The van der Waals surface area contributed by atoms with Gasteiger partial charge in [0.2, 0.25) is 0 Å². The van der Waals surface area contributed by atoms with Crippen molar-refractivity contribution in [2.24, 2.45) is 11.8 Å². The molecule has 2 saturated heterocycles. The zero-order valence-electron chi connectivity index (χ0n) is 15.1. The SMILES string of the molecule is C1CCC(C2(CCC3(C4CCCCC4)OCCO3)OCCO2)CC1. The Balaban J connectivity index is 1.45. The monoisotopic (exact) mass is 338 g/mol. The Morgan fingerprint density at radius 2 is 0.833 bits per heavy atom. The van der Waals surface area contributed by atoms with Gasteiger partial charge in [-0.05, 0) is 25.7 Å². The predicted molar refractivity (Wildman–Crippen MR) is 91.7 cm³/mol. The van der Waals surface area contributed by atoms with Gasteiger partial charge in [-0.1, -0.05) is 38.5 Å². The molecule has 2 saturated carbocycles. The van der Waals surface area contributed by atoms with Crippen LogP contribution in [-0.2, 0) is 18.9 Å². The Morgan fingerprint density at radius 1 is 0.500 bits per heavy atom. The van der Waals surface area contributed by atoms with Crippen LogP contribution in [0.4, 0.5) is 0 Å². The summed E-state index contributed by atoms with van der Waals surface area (Å²) in [4.78, 5) is 0. The van der Waals surface area contributed by atoms with Crippen molar-refractivity contribution in [1.82, 2.24) is 0 Å². The molecule has 2 heterocycles. The summed E-state index contributed by atoms with van der Waals surface area (Å²) in [6, 6.07) is 0. The fourth-order valence-corrected chi connectivity index (χ4v) is 5.54. The van der Waals surface area contributed by atoms with Crippen LogP contribution in [0.25, 0.3) is 0 Å². The highest BCUT2D eigenvalue weighted by atomic mass is 16.7. The van der Waals surface area contributed by atoms with Crippen LogP contribution in [0.2, 0.25) is 0 Å². The van der Waals surface area contributed by atoms with Crippen molar-refractivity contribution in [3.8, 4) is 0 Å². The molecule has 0 amide bonds. The number of hydrogen-bond acceptors (Lipinski definition) is 4. The zero-order chi connectivity index (χ0) is 16.3. The van der Waals surface area contributed by atoms with Crippen molar-refractivity contribution in [2.45, 2.75) is 88.6 Å². The van der Waals surface area contributed by atoms with Crippen LogP contribution in [0.3, 0.4) is 0 Å². The Labute approximate surface area is 146 Å². The molecule has 4 fully saturated rings. The van der Waals surface area contributed by atoms with E-state index in [1.807, 2.05) is 0 Å². The topological polar surface area (TPSA) is 36.9 Å². The van der Waals surface area contributed by atoms with Gasteiger partial charge in [0.05, 0.1) is 26.4 Å². The first-order chi connectivity index (χ1) is 11.8. The van der Waals surface area contributed by atoms with Gasteiger partial charge < -0.3 is 18.9 Å². The highest BCUT2D eigenvalue weighted by molar-refractivity contribution is 4.91. The van der Waals surface area contributed by atoms with E-state index in [4.69, 9.17) is 18.9 Å². The highest BCUT2D eigenvalue weighted by Gasteiger charge is 2.50. The molecule has 0 bridgehead atoms. The van der Waals surface area contributed by atoms with Crippen LogP contribution >= 0.6 is 0 Å². The van der Waals surface area contributed by atoms with Gasteiger partial charge in [0.15, 0.2) is 11.6 Å². The molecule has 4 aliphatic rings. The van der Waals surface area contributed by atoms with Crippen LogP contribution in [0, 0.1) is 11.8 Å². The summed E-state index contributed by atoms with van der Waals surface area (Å²) in [6.45, 7) is 2.98. The third-order valence-electron chi connectivity index (χ3n) is 6.83. The first-order valence-corrected chi connectivity index (χ1v) is 10.4. The predicted octanol–water partition coefficient (Wildman–Crippen LogP) is 4.41. The minimum Gasteiger partial charge on any atom is -0.347 e. The van der Waals surface area contributed by atoms with E-state index in [1.165, 1.54) is 64.2 Å². The summed E-state index contributed by atoms with van der Waals surface area (Å²) in [7, 11) is 0. The van der Waals surface area contributed by atoms with E-state index in [2.05, 4.69) is 0 Å². The number of rotatable bonds is 5. The summed E-state index contributed by atoms with van der Waals surface area (Å²) < 4.78 is 25.0. The molecule has 0 N–H and O–H groups in total. The minimum atomic E-state index is -0.364. The summed E-state index contributed by atoms with van der Waals surface area (Å²) >= 11 is 0. The maximum Gasteiger partial charge on any atom is 0.171 e. The molecule has 0 aromatic heterocycles. The fraction of sp³-hybridized carbons (Fsp3) is 1.00. The van der Waals surface area contributed by atoms with Crippen molar-refractivity contribution in [2.75, 3.05) is 26.4 Å². The van der Waals surface area contributed by atoms with E-state index in [1.54, 1.807) is 0 Å². The molecule has 0 radical (unpaired) electrons. The number of hydrogen-bond donors (Lipinski definition) is 0. The van der Waals surface area contributed by atoms with E-state index in [-0.39, 0.29) is 11.6 Å². The summed E-state index contributed by atoms with van der Waals surface area (Å²) in [5.41, 5.74) is 0. The van der Waals surface area contributed by atoms with Gasteiger partial charge in [-0.25, -0.2) is 0 Å². The van der Waals surface area contributed by atoms with E-state index in [9.17, 15) is 0 Å². The molecule has 0 aromatic rings. The number of ether oxygens (including phenoxy) is 4. The van der Waals surface area contributed by atoms with Gasteiger partial charge in [-0.15, -0.1) is 0 Å². The van der Waals surface area contributed by atoms with Gasteiger partial charge in [0, 0.05) is 24.7 Å². The van der Waals surface area contributed by atoms with E-state index in [0.29, 0.717) is 11.8 Å². The normalized spacial score (nSPS) is 31.5. The van der Waals surface area contributed by atoms with Gasteiger partial charge in [0.25, 0.3) is 0 Å². The third-order valence-corrected chi connectivity index (χ3v) is 6.83. The molecule has 2 aliphatic carbocycles. The van der Waals surface area contributed by atoms with Crippen molar-refractivity contribution in [3.63, 3.8) is 0 Å². The molecule has 0 unspecified atom stereocenters. The molecule has 0 atom stereocenters. The second-order valence-corrected chi connectivity index (χ2v) is 8.19. The average Bonchev–Trinajstić information content (AvgIpc) is 3.33. The molecule has 2 aliphatic heterocycles. The quantitative estimate of drug-likeness (QED) is 0.744. The van der Waals surface area contributed by atoms with Crippen LogP contribution < -0.4 is 0 Å².